The minimum atomic E-state index is -0.178. The van der Waals surface area contributed by atoms with Gasteiger partial charge in [-0.25, -0.2) is 9.48 Å². The van der Waals surface area contributed by atoms with E-state index in [9.17, 15) is 4.79 Å². The molecule has 8 nitrogen and oxygen atoms in total. The van der Waals surface area contributed by atoms with Crippen LogP contribution in [0.15, 0.2) is 42.7 Å². The summed E-state index contributed by atoms with van der Waals surface area (Å²) in [7, 11) is 1.89. The lowest BCUT2D eigenvalue weighted by Gasteiger charge is -2.31. The third-order valence-electron chi connectivity index (χ3n) is 7.17. The quantitative estimate of drug-likeness (QED) is 0.554. The molecule has 1 aromatic carbocycles. The van der Waals surface area contributed by atoms with Gasteiger partial charge in [0, 0.05) is 43.5 Å². The summed E-state index contributed by atoms with van der Waals surface area (Å²) in [5.74, 6) is 1.88. The molecular formula is C25H33N7O. The number of hydrogen-bond donors (Lipinski definition) is 3. The monoisotopic (exact) mass is 447 g/mol. The van der Waals surface area contributed by atoms with Crippen molar-refractivity contribution >= 4 is 11.8 Å². The Morgan fingerprint density at radius 3 is 2.64 bits per heavy atom. The minimum Gasteiger partial charge on any atom is -0.333 e. The van der Waals surface area contributed by atoms with Crippen LogP contribution >= 0.6 is 0 Å². The fourth-order valence-electron chi connectivity index (χ4n) is 5.44. The van der Waals surface area contributed by atoms with Crippen LogP contribution in [0, 0.1) is 18.8 Å². The summed E-state index contributed by atoms with van der Waals surface area (Å²) in [5, 5.41) is 19.0. The average molecular weight is 448 g/mol. The van der Waals surface area contributed by atoms with Crippen molar-refractivity contribution in [2.45, 2.75) is 45.1 Å². The molecule has 1 saturated heterocycles. The molecular weight excluding hydrogens is 414 g/mol. The van der Waals surface area contributed by atoms with Crippen LogP contribution < -0.4 is 16.0 Å². The van der Waals surface area contributed by atoms with Gasteiger partial charge >= 0.3 is 6.03 Å². The van der Waals surface area contributed by atoms with Gasteiger partial charge in [0.15, 0.2) is 0 Å². The van der Waals surface area contributed by atoms with Crippen LogP contribution in [0.25, 0.3) is 16.9 Å². The van der Waals surface area contributed by atoms with Crippen molar-refractivity contribution in [2.24, 2.45) is 18.9 Å². The highest BCUT2D eigenvalue weighted by molar-refractivity contribution is 5.91. The van der Waals surface area contributed by atoms with E-state index in [-0.39, 0.29) is 12.1 Å². The van der Waals surface area contributed by atoms with E-state index in [1.54, 1.807) is 10.9 Å². The van der Waals surface area contributed by atoms with E-state index < -0.39 is 0 Å². The van der Waals surface area contributed by atoms with Crippen LogP contribution in [-0.2, 0) is 7.05 Å². The van der Waals surface area contributed by atoms with Crippen molar-refractivity contribution in [1.29, 1.82) is 0 Å². The Balaban J connectivity index is 1.39. The summed E-state index contributed by atoms with van der Waals surface area (Å²) >= 11 is 0. The zero-order valence-electron chi connectivity index (χ0n) is 19.4. The predicted molar refractivity (Wildman–Crippen MR) is 129 cm³/mol. The number of para-hydroxylation sites is 1. The number of carbonyl (C=O) groups is 1. The Morgan fingerprint density at radius 1 is 1.12 bits per heavy atom. The lowest BCUT2D eigenvalue weighted by Crippen LogP contribution is -2.45. The number of nitrogens with zero attached hydrogens (tertiary/aromatic N) is 4. The highest BCUT2D eigenvalue weighted by Gasteiger charge is 2.35. The number of aromatic nitrogens is 4. The van der Waals surface area contributed by atoms with Crippen LogP contribution in [0.3, 0.4) is 0 Å². The molecule has 2 fully saturated rings. The molecule has 3 heterocycles. The first-order valence-corrected chi connectivity index (χ1v) is 12.0. The number of urea groups is 1. The van der Waals surface area contributed by atoms with Crippen molar-refractivity contribution in [3.8, 4) is 16.9 Å². The molecule has 0 unspecified atom stereocenters. The summed E-state index contributed by atoms with van der Waals surface area (Å²) in [6.07, 6.45) is 10.3. The highest BCUT2D eigenvalue weighted by Crippen LogP contribution is 2.34. The predicted octanol–water partition coefficient (Wildman–Crippen LogP) is 3.87. The molecule has 2 aliphatic rings. The standard InChI is InChI=1S/C25H33N7O/c1-17-23(19-13-27-31(2)16-19)30-32(20-11-7-4-8-12-20)24(17)29-25(33)28-22-15-26-14-21(22)18-9-5-3-6-10-18/h4,7-8,11-13,16,18,21-22,26H,3,5-6,9-10,14-15H2,1-2H3,(H2,28,29,33)/t21-,22+/m0/s1. The molecule has 3 aromatic rings. The van der Waals surface area contributed by atoms with Gasteiger partial charge in [-0.3, -0.25) is 10.00 Å². The van der Waals surface area contributed by atoms with Crippen LogP contribution in [0.1, 0.15) is 37.7 Å². The Hall–Kier alpha value is -3.13. The molecule has 3 N–H and O–H groups in total. The van der Waals surface area contributed by atoms with Gasteiger partial charge in [0.2, 0.25) is 0 Å². The Labute approximate surface area is 194 Å². The summed E-state index contributed by atoms with van der Waals surface area (Å²) in [6.45, 7) is 3.81. The summed E-state index contributed by atoms with van der Waals surface area (Å²) in [6, 6.07) is 9.87. The minimum absolute atomic E-state index is 0.152. The molecule has 2 atom stereocenters. The van der Waals surface area contributed by atoms with Gasteiger partial charge in [-0.15, -0.1) is 0 Å². The molecule has 174 valence electrons. The van der Waals surface area contributed by atoms with Gasteiger partial charge < -0.3 is 10.6 Å². The maximum Gasteiger partial charge on any atom is 0.320 e. The van der Waals surface area contributed by atoms with E-state index in [1.165, 1.54) is 32.1 Å². The van der Waals surface area contributed by atoms with Crippen molar-refractivity contribution in [1.82, 2.24) is 30.2 Å². The van der Waals surface area contributed by atoms with Gasteiger partial charge in [-0.1, -0.05) is 50.3 Å². The molecule has 0 spiro atoms. The second-order valence-corrected chi connectivity index (χ2v) is 9.40. The molecule has 33 heavy (non-hydrogen) atoms. The number of carbonyl (C=O) groups excluding carboxylic acids is 1. The first-order chi connectivity index (χ1) is 16.1. The molecule has 1 aliphatic carbocycles. The molecule has 0 bridgehead atoms. The van der Waals surface area contributed by atoms with E-state index in [1.807, 2.05) is 55.2 Å². The summed E-state index contributed by atoms with van der Waals surface area (Å²) < 4.78 is 3.57. The number of aryl methyl sites for hydroxylation is 1. The molecule has 1 aliphatic heterocycles. The zero-order chi connectivity index (χ0) is 22.8. The first kappa shape index (κ1) is 21.7. The van der Waals surface area contributed by atoms with Crippen molar-refractivity contribution in [3.63, 3.8) is 0 Å². The maximum absolute atomic E-state index is 13.2. The van der Waals surface area contributed by atoms with Crippen molar-refractivity contribution in [3.05, 3.63) is 48.3 Å². The topological polar surface area (TPSA) is 88.8 Å². The lowest BCUT2D eigenvalue weighted by molar-refractivity contribution is 0.219. The van der Waals surface area contributed by atoms with Crippen LogP contribution in [0.4, 0.5) is 10.6 Å². The van der Waals surface area contributed by atoms with Gasteiger partial charge in [0.05, 0.1) is 11.9 Å². The normalized spacial score (nSPS) is 21.3. The van der Waals surface area contributed by atoms with E-state index >= 15 is 0 Å². The zero-order valence-corrected chi connectivity index (χ0v) is 19.4. The number of hydrogen-bond acceptors (Lipinski definition) is 4. The van der Waals surface area contributed by atoms with Crippen LogP contribution in [0.5, 0.6) is 0 Å². The van der Waals surface area contributed by atoms with E-state index in [2.05, 4.69) is 21.0 Å². The third kappa shape index (κ3) is 4.53. The molecule has 1 saturated carbocycles. The first-order valence-electron chi connectivity index (χ1n) is 12.0. The molecule has 5 rings (SSSR count). The second kappa shape index (κ2) is 9.39. The van der Waals surface area contributed by atoms with Gasteiger partial charge in [0.25, 0.3) is 0 Å². The fourth-order valence-corrected chi connectivity index (χ4v) is 5.44. The maximum atomic E-state index is 13.2. The SMILES string of the molecule is Cc1c(-c2cnn(C)c2)nn(-c2ccccc2)c1NC(=O)N[C@@H]1CNC[C@H]1C1CCCCC1. The average Bonchev–Trinajstić information content (AvgIpc) is 3.55. The highest BCUT2D eigenvalue weighted by atomic mass is 16.2. The summed E-state index contributed by atoms with van der Waals surface area (Å²) in [5.41, 5.74) is 3.54. The number of amides is 2. The van der Waals surface area contributed by atoms with Gasteiger partial charge in [0.1, 0.15) is 11.5 Å². The Bertz CT molecular complexity index is 1100. The Morgan fingerprint density at radius 2 is 1.91 bits per heavy atom. The number of rotatable bonds is 5. The third-order valence-corrected chi connectivity index (χ3v) is 7.17. The molecule has 2 amide bonds. The van der Waals surface area contributed by atoms with E-state index in [4.69, 9.17) is 5.10 Å². The van der Waals surface area contributed by atoms with E-state index in [0.29, 0.717) is 17.7 Å². The number of nitrogens with one attached hydrogen (secondary N) is 3. The van der Waals surface area contributed by atoms with Gasteiger partial charge in [-0.05, 0) is 30.9 Å². The van der Waals surface area contributed by atoms with Crippen molar-refractivity contribution < 1.29 is 4.79 Å². The number of anilines is 1. The lowest BCUT2D eigenvalue weighted by atomic mass is 9.78. The molecule has 2 aromatic heterocycles. The largest absolute Gasteiger partial charge is 0.333 e. The van der Waals surface area contributed by atoms with Crippen LogP contribution in [0.2, 0.25) is 0 Å². The van der Waals surface area contributed by atoms with Crippen molar-refractivity contribution in [2.75, 3.05) is 18.4 Å². The molecule has 8 heteroatoms. The van der Waals surface area contributed by atoms with Crippen LogP contribution in [-0.4, -0.2) is 44.7 Å². The second-order valence-electron chi connectivity index (χ2n) is 9.40. The Kier molecular flexibility index (Phi) is 6.17. The summed E-state index contributed by atoms with van der Waals surface area (Å²) in [4.78, 5) is 13.2. The fraction of sp³-hybridized carbons (Fsp3) is 0.480. The number of benzene rings is 1. The molecule has 0 radical (unpaired) electrons. The smallest absolute Gasteiger partial charge is 0.320 e. The van der Waals surface area contributed by atoms with Gasteiger partial charge in [-0.2, -0.15) is 10.2 Å². The van der Waals surface area contributed by atoms with E-state index in [0.717, 1.165) is 35.6 Å².